The normalized spacial score (nSPS) is 10.1. The van der Waals surface area contributed by atoms with Crippen LogP contribution in [0.15, 0.2) is 36.5 Å². The zero-order chi connectivity index (χ0) is 13.1. The molecule has 4 N–H and O–H groups in total. The zero-order valence-corrected chi connectivity index (χ0v) is 9.98. The summed E-state index contributed by atoms with van der Waals surface area (Å²) in [5.74, 6) is -0.682. The van der Waals surface area contributed by atoms with E-state index in [-0.39, 0.29) is 11.3 Å². The predicted octanol–water partition coefficient (Wildman–Crippen LogP) is 2.76. The smallest absolute Gasteiger partial charge is 0.337 e. The summed E-state index contributed by atoms with van der Waals surface area (Å²) >= 11 is 5.76. The minimum Gasteiger partial charge on any atom is -0.478 e. The molecule has 18 heavy (non-hydrogen) atoms. The lowest BCUT2D eigenvalue weighted by Crippen LogP contribution is -2.05. The van der Waals surface area contributed by atoms with Crippen molar-refractivity contribution in [3.63, 3.8) is 0 Å². The largest absolute Gasteiger partial charge is 0.478 e. The van der Waals surface area contributed by atoms with Crippen molar-refractivity contribution in [2.24, 2.45) is 0 Å². The Hall–Kier alpha value is -2.27. The summed E-state index contributed by atoms with van der Waals surface area (Å²) in [4.78, 5) is 14.9. The summed E-state index contributed by atoms with van der Waals surface area (Å²) in [6.07, 6.45) is 1.31. The van der Waals surface area contributed by atoms with Gasteiger partial charge in [-0.1, -0.05) is 11.6 Å². The molecule has 2 aromatic rings. The fourth-order valence-corrected chi connectivity index (χ4v) is 1.53. The highest BCUT2D eigenvalue weighted by Crippen LogP contribution is 2.20. The van der Waals surface area contributed by atoms with E-state index >= 15 is 0 Å². The van der Waals surface area contributed by atoms with Gasteiger partial charge in [-0.2, -0.15) is 0 Å². The second kappa shape index (κ2) is 4.93. The van der Waals surface area contributed by atoms with Crippen molar-refractivity contribution in [2.45, 2.75) is 0 Å². The summed E-state index contributed by atoms with van der Waals surface area (Å²) in [5.41, 5.74) is 6.42. The van der Waals surface area contributed by atoms with Gasteiger partial charge in [-0.3, -0.25) is 0 Å². The number of hydrogen-bond donors (Lipinski definition) is 3. The lowest BCUT2D eigenvalue weighted by molar-refractivity contribution is 0.0698. The number of aromatic carboxylic acids is 1. The molecule has 0 aliphatic rings. The number of nitrogens with one attached hydrogen (secondary N) is 1. The van der Waals surface area contributed by atoms with Crippen LogP contribution in [0.2, 0.25) is 5.02 Å². The summed E-state index contributed by atoms with van der Waals surface area (Å²) in [6.45, 7) is 0. The quantitative estimate of drug-likeness (QED) is 0.792. The molecule has 0 amide bonds. The number of carboxylic acid groups (broad SMARTS) is 1. The second-order valence-corrected chi connectivity index (χ2v) is 4.03. The standard InChI is InChI=1S/C12H10ClN3O2/c13-7-1-3-8(4-2-7)16-11-5-9(12(17)18)10(14)6-15-11/h1-6H,14H2,(H,15,16)(H,17,18). The van der Waals surface area contributed by atoms with Gasteiger partial charge >= 0.3 is 5.97 Å². The number of benzene rings is 1. The SMILES string of the molecule is Nc1cnc(Nc2ccc(Cl)cc2)cc1C(=O)O. The van der Waals surface area contributed by atoms with Gasteiger partial charge < -0.3 is 16.2 Å². The molecule has 5 nitrogen and oxygen atoms in total. The highest BCUT2D eigenvalue weighted by Gasteiger charge is 2.09. The third-order valence-corrected chi connectivity index (χ3v) is 2.53. The zero-order valence-electron chi connectivity index (χ0n) is 9.22. The fourth-order valence-electron chi connectivity index (χ4n) is 1.40. The van der Waals surface area contributed by atoms with E-state index in [2.05, 4.69) is 10.3 Å². The van der Waals surface area contributed by atoms with Crippen LogP contribution in [0.4, 0.5) is 17.2 Å². The highest BCUT2D eigenvalue weighted by molar-refractivity contribution is 6.30. The number of carbonyl (C=O) groups is 1. The van der Waals surface area contributed by atoms with Crippen LogP contribution in [0.25, 0.3) is 0 Å². The van der Waals surface area contributed by atoms with E-state index in [4.69, 9.17) is 22.4 Å². The topological polar surface area (TPSA) is 88.2 Å². The predicted molar refractivity (Wildman–Crippen MR) is 70.3 cm³/mol. The molecule has 6 heteroatoms. The first-order chi connectivity index (χ1) is 8.56. The van der Waals surface area contributed by atoms with Crippen molar-refractivity contribution in [2.75, 3.05) is 11.1 Å². The molecule has 0 aliphatic carbocycles. The van der Waals surface area contributed by atoms with Gasteiger partial charge in [0.15, 0.2) is 0 Å². The van der Waals surface area contributed by atoms with Crippen molar-refractivity contribution in [3.05, 3.63) is 47.1 Å². The van der Waals surface area contributed by atoms with Gasteiger partial charge in [-0.05, 0) is 30.3 Å². The van der Waals surface area contributed by atoms with Gasteiger partial charge in [0, 0.05) is 10.7 Å². The minimum absolute atomic E-state index is 0.0152. The molecule has 2 rings (SSSR count). The van der Waals surface area contributed by atoms with E-state index in [1.165, 1.54) is 12.3 Å². The molecule has 0 bridgehead atoms. The third-order valence-electron chi connectivity index (χ3n) is 2.28. The maximum atomic E-state index is 10.9. The van der Waals surface area contributed by atoms with E-state index < -0.39 is 5.97 Å². The lowest BCUT2D eigenvalue weighted by Gasteiger charge is -2.07. The molecule has 0 saturated carbocycles. The van der Waals surface area contributed by atoms with Crippen LogP contribution in [0, 0.1) is 0 Å². The van der Waals surface area contributed by atoms with Crippen LogP contribution in [-0.4, -0.2) is 16.1 Å². The van der Waals surface area contributed by atoms with Crippen LogP contribution >= 0.6 is 11.6 Å². The molecule has 92 valence electrons. The summed E-state index contributed by atoms with van der Waals surface area (Å²) in [7, 11) is 0. The van der Waals surface area contributed by atoms with Gasteiger partial charge in [0.1, 0.15) is 5.82 Å². The Bertz CT molecular complexity index is 584. The Balaban J connectivity index is 2.27. The minimum atomic E-state index is -1.09. The van der Waals surface area contributed by atoms with Crippen LogP contribution < -0.4 is 11.1 Å². The van der Waals surface area contributed by atoms with E-state index in [1.54, 1.807) is 24.3 Å². The number of nitrogens with zero attached hydrogens (tertiary/aromatic N) is 1. The molecule has 0 unspecified atom stereocenters. The van der Waals surface area contributed by atoms with Crippen LogP contribution in [-0.2, 0) is 0 Å². The number of pyridine rings is 1. The van der Waals surface area contributed by atoms with Crippen molar-refractivity contribution < 1.29 is 9.90 Å². The van der Waals surface area contributed by atoms with Gasteiger partial charge in [0.2, 0.25) is 0 Å². The van der Waals surface area contributed by atoms with E-state index in [1.807, 2.05) is 0 Å². The van der Waals surface area contributed by atoms with Crippen molar-refractivity contribution >= 4 is 34.8 Å². The molecule has 1 aromatic carbocycles. The number of nitrogens with two attached hydrogens (primary N) is 1. The average molecular weight is 264 g/mol. The molecule has 1 heterocycles. The average Bonchev–Trinajstić information content (AvgIpc) is 2.34. The molecule has 0 saturated heterocycles. The maximum absolute atomic E-state index is 10.9. The van der Waals surface area contributed by atoms with Gasteiger partial charge in [0.25, 0.3) is 0 Å². The number of rotatable bonds is 3. The van der Waals surface area contributed by atoms with Crippen molar-refractivity contribution in [1.29, 1.82) is 0 Å². The molecule has 0 fully saturated rings. The molecule has 0 radical (unpaired) electrons. The summed E-state index contributed by atoms with van der Waals surface area (Å²) < 4.78 is 0. The molecule has 0 spiro atoms. The molecular weight excluding hydrogens is 254 g/mol. The Morgan fingerprint density at radius 1 is 1.33 bits per heavy atom. The van der Waals surface area contributed by atoms with E-state index in [0.717, 1.165) is 5.69 Å². The molecular formula is C12H10ClN3O2. The monoisotopic (exact) mass is 263 g/mol. The number of hydrogen-bond acceptors (Lipinski definition) is 4. The van der Waals surface area contributed by atoms with Gasteiger partial charge in [0.05, 0.1) is 17.4 Å². The first-order valence-electron chi connectivity index (χ1n) is 5.07. The summed E-state index contributed by atoms with van der Waals surface area (Å²) in [6, 6.07) is 8.35. The highest BCUT2D eigenvalue weighted by atomic mass is 35.5. The van der Waals surface area contributed by atoms with Crippen LogP contribution in [0.1, 0.15) is 10.4 Å². The second-order valence-electron chi connectivity index (χ2n) is 3.59. The number of carboxylic acids is 1. The van der Waals surface area contributed by atoms with Crippen LogP contribution in [0.3, 0.4) is 0 Å². The summed E-state index contributed by atoms with van der Waals surface area (Å²) in [5, 5.41) is 12.5. The van der Waals surface area contributed by atoms with Crippen molar-refractivity contribution in [3.8, 4) is 0 Å². The third kappa shape index (κ3) is 2.70. The Morgan fingerprint density at radius 3 is 2.61 bits per heavy atom. The maximum Gasteiger partial charge on any atom is 0.337 e. The lowest BCUT2D eigenvalue weighted by atomic mass is 10.2. The molecule has 0 aliphatic heterocycles. The first-order valence-corrected chi connectivity index (χ1v) is 5.45. The first kappa shape index (κ1) is 12.2. The van der Waals surface area contributed by atoms with E-state index in [0.29, 0.717) is 10.8 Å². The molecule has 0 atom stereocenters. The number of anilines is 3. The van der Waals surface area contributed by atoms with Crippen molar-refractivity contribution in [1.82, 2.24) is 4.98 Å². The van der Waals surface area contributed by atoms with Crippen LogP contribution in [0.5, 0.6) is 0 Å². The number of aromatic nitrogens is 1. The Kier molecular flexibility index (Phi) is 3.34. The van der Waals surface area contributed by atoms with E-state index in [9.17, 15) is 4.79 Å². The van der Waals surface area contributed by atoms with Gasteiger partial charge in [-0.25, -0.2) is 9.78 Å². The fraction of sp³-hybridized carbons (Fsp3) is 0. The number of halogens is 1. The molecule has 1 aromatic heterocycles. The number of nitrogen functional groups attached to an aromatic ring is 1. The Labute approximate surface area is 108 Å². The van der Waals surface area contributed by atoms with Gasteiger partial charge in [-0.15, -0.1) is 0 Å². The Morgan fingerprint density at radius 2 is 2.00 bits per heavy atom.